The number of aryl methyl sites for hydroxylation is 1. The number of rotatable bonds is 1. The predicted octanol–water partition coefficient (Wildman–Crippen LogP) is 1.65. The van der Waals surface area contributed by atoms with Gasteiger partial charge in [-0.15, -0.1) is 11.3 Å². The Bertz CT molecular complexity index is 541. The van der Waals surface area contributed by atoms with Gasteiger partial charge in [0.25, 0.3) is 5.91 Å². The minimum atomic E-state index is -0.165. The van der Waals surface area contributed by atoms with Crippen LogP contribution in [0.25, 0.3) is 0 Å². The first kappa shape index (κ1) is 15.0. The lowest BCUT2D eigenvalue weighted by Gasteiger charge is -2.21. The van der Waals surface area contributed by atoms with Crippen LogP contribution in [-0.4, -0.2) is 48.3 Å². The topological polar surface area (TPSA) is 49.8 Å². The normalized spacial score (nSPS) is 19.1. The Hall–Kier alpha value is -1.35. The molecule has 1 N–H and O–H groups in total. The van der Waals surface area contributed by atoms with Crippen molar-refractivity contribution in [2.45, 2.75) is 26.4 Å². The van der Waals surface area contributed by atoms with Crippen molar-refractivity contribution in [3.63, 3.8) is 0 Å². The molecule has 20 heavy (non-hydrogen) atoms. The van der Waals surface area contributed by atoms with E-state index in [1.807, 2.05) is 24.8 Å². The smallest absolute Gasteiger partial charge is 0.264 e. The number of nitrogens with zero attached hydrogens (tertiary/aromatic N) is 1. The van der Waals surface area contributed by atoms with Gasteiger partial charge in [0.1, 0.15) is 6.61 Å². The summed E-state index contributed by atoms with van der Waals surface area (Å²) < 4.78 is 5.56. The Morgan fingerprint density at radius 2 is 2.45 bits per heavy atom. The Kier molecular flexibility index (Phi) is 5.18. The van der Waals surface area contributed by atoms with Crippen LogP contribution in [0.15, 0.2) is 6.07 Å². The van der Waals surface area contributed by atoms with Gasteiger partial charge in [0, 0.05) is 19.7 Å². The van der Waals surface area contributed by atoms with Crippen LogP contribution >= 0.6 is 11.3 Å². The number of aliphatic hydroxyl groups is 1. The third kappa shape index (κ3) is 3.60. The molecule has 108 valence electrons. The van der Waals surface area contributed by atoms with E-state index in [4.69, 9.17) is 9.84 Å². The predicted molar refractivity (Wildman–Crippen MR) is 79.0 cm³/mol. The minimum Gasteiger partial charge on any atom is -0.384 e. The van der Waals surface area contributed by atoms with Crippen molar-refractivity contribution >= 4 is 17.2 Å². The van der Waals surface area contributed by atoms with Crippen molar-refractivity contribution < 1.29 is 14.6 Å². The highest BCUT2D eigenvalue weighted by Crippen LogP contribution is 2.23. The Labute approximate surface area is 123 Å². The molecule has 5 heteroatoms. The molecule has 1 amide bonds. The van der Waals surface area contributed by atoms with Gasteiger partial charge in [-0.05, 0) is 31.9 Å². The third-order valence-electron chi connectivity index (χ3n) is 3.15. The van der Waals surface area contributed by atoms with Crippen LogP contribution < -0.4 is 0 Å². The van der Waals surface area contributed by atoms with Gasteiger partial charge in [0.2, 0.25) is 0 Å². The largest absolute Gasteiger partial charge is 0.384 e. The van der Waals surface area contributed by atoms with E-state index in [0.29, 0.717) is 18.0 Å². The van der Waals surface area contributed by atoms with E-state index in [9.17, 15) is 4.79 Å². The van der Waals surface area contributed by atoms with Gasteiger partial charge in [-0.1, -0.05) is 11.8 Å². The van der Waals surface area contributed by atoms with Crippen LogP contribution in [0.2, 0.25) is 0 Å². The highest BCUT2D eigenvalue weighted by atomic mass is 32.1. The van der Waals surface area contributed by atoms with Crippen LogP contribution in [0.5, 0.6) is 0 Å². The van der Waals surface area contributed by atoms with Gasteiger partial charge in [0.05, 0.1) is 15.9 Å². The van der Waals surface area contributed by atoms with E-state index in [0.717, 1.165) is 23.4 Å². The van der Waals surface area contributed by atoms with Crippen molar-refractivity contribution in [1.29, 1.82) is 0 Å². The van der Waals surface area contributed by atoms with Crippen molar-refractivity contribution in [2.24, 2.45) is 0 Å². The quantitative estimate of drug-likeness (QED) is 0.801. The molecule has 1 aromatic rings. The molecule has 1 aliphatic rings. The van der Waals surface area contributed by atoms with Crippen LogP contribution in [-0.2, 0) is 4.74 Å². The summed E-state index contributed by atoms with van der Waals surface area (Å²) in [6.45, 7) is 5.83. The van der Waals surface area contributed by atoms with Crippen molar-refractivity contribution in [2.75, 3.05) is 26.3 Å². The van der Waals surface area contributed by atoms with Gasteiger partial charge in [-0.25, -0.2) is 0 Å². The van der Waals surface area contributed by atoms with Crippen molar-refractivity contribution in [3.05, 3.63) is 21.4 Å². The molecule has 0 aliphatic carbocycles. The molecule has 0 radical (unpaired) electrons. The SMILES string of the molecule is Cc1cc(C(=O)N2CCCOC(C)C2)sc1C#CCO. The van der Waals surface area contributed by atoms with Crippen LogP contribution in [0.4, 0.5) is 0 Å². The summed E-state index contributed by atoms with van der Waals surface area (Å²) in [5.41, 5.74) is 0.985. The molecule has 0 bridgehead atoms. The van der Waals surface area contributed by atoms with E-state index in [1.165, 1.54) is 11.3 Å². The molecular weight excluding hydrogens is 274 g/mol. The summed E-state index contributed by atoms with van der Waals surface area (Å²) >= 11 is 1.39. The number of carbonyl (C=O) groups is 1. The molecule has 0 spiro atoms. The van der Waals surface area contributed by atoms with Gasteiger partial charge in [0.15, 0.2) is 0 Å². The first-order valence-corrected chi connectivity index (χ1v) is 7.54. The van der Waals surface area contributed by atoms with Crippen LogP contribution in [0.3, 0.4) is 0 Å². The lowest BCUT2D eigenvalue weighted by atomic mass is 10.2. The monoisotopic (exact) mass is 293 g/mol. The fourth-order valence-corrected chi connectivity index (χ4v) is 3.18. The highest BCUT2D eigenvalue weighted by Gasteiger charge is 2.22. The summed E-state index contributed by atoms with van der Waals surface area (Å²) in [6.07, 6.45) is 0.952. The minimum absolute atomic E-state index is 0.0486. The highest BCUT2D eigenvalue weighted by molar-refractivity contribution is 7.14. The number of carbonyl (C=O) groups excluding carboxylic acids is 1. The number of ether oxygens (including phenoxy) is 1. The van der Waals surface area contributed by atoms with Gasteiger partial charge in [-0.3, -0.25) is 4.79 Å². The lowest BCUT2D eigenvalue weighted by Crippen LogP contribution is -2.35. The molecule has 4 nitrogen and oxygen atoms in total. The molecule has 1 fully saturated rings. The summed E-state index contributed by atoms with van der Waals surface area (Å²) in [4.78, 5) is 15.9. The number of aliphatic hydroxyl groups excluding tert-OH is 1. The molecule has 1 aromatic heterocycles. The van der Waals surface area contributed by atoms with Gasteiger partial charge < -0.3 is 14.7 Å². The van der Waals surface area contributed by atoms with E-state index >= 15 is 0 Å². The third-order valence-corrected chi connectivity index (χ3v) is 4.29. The maximum atomic E-state index is 12.5. The Morgan fingerprint density at radius 3 is 3.20 bits per heavy atom. The second-order valence-corrected chi connectivity index (χ2v) is 5.92. The zero-order valence-corrected chi connectivity index (χ0v) is 12.6. The maximum Gasteiger partial charge on any atom is 0.264 e. The first-order valence-electron chi connectivity index (χ1n) is 6.73. The number of hydrogen-bond acceptors (Lipinski definition) is 4. The second kappa shape index (κ2) is 6.89. The summed E-state index contributed by atoms with van der Waals surface area (Å²) in [5, 5.41) is 8.74. The standard InChI is InChI=1S/C15H19NO3S/c1-11-9-14(20-13(11)5-3-7-17)15(18)16-6-4-8-19-12(2)10-16/h9,12,17H,4,6-8,10H2,1-2H3. The van der Waals surface area contributed by atoms with Gasteiger partial charge >= 0.3 is 0 Å². The number of hydrogen-bond donors (Lipinski definition) is 1. The fraction of sp³-hybridized carbons (Fsp3) is 0.533. The molecule has 1 saturated heterocycles. The molecular formula is C15H19NO3S. The molecule has 1 aliphatic heterocycles. The van der Waals surface area contributed by atoms with Crippen LogP contribution in [0, 0.1) is 18.8 Å². The van der Waals surface area contributed by atoms with E-state index in [1.54, 1.807) is 0 Å². The average molecular weight is 293 g/mol. The first-order chi connectivity index (χ1) is 9.61. The Balaban J connectivity index is 2.16. The van der Waals surface area contributed by atoms with E-state index < -0.39 is 0 Å². The summed E-state index contributed by atoms with van der Waals surface area (Å²) in [5.74, 6) is 5.56. The van der Waals surface area contributed by atoms with Crippen molar-refractivity contribution in [3.8, 4) is 11.8 Å². The lowest BCUT2D eigenvalue weighted by molar-refractivity contribution is 0.0565. The van der Waals surface area contributed by atoms with E-state index in [-0.39, 0.29) is 18.6 Å². The molecule has 0 saturated carbocycles. The maximum absolute atomic E-state index is 12.5. The fourth-order valence-electron chi connectivity index (χ4n) is 2.17. The molecule has 2 rings (SSSR count). The van der Waals surface area contributed by atoms with Gasteiger partial charge in [-0.2, -0.15) is 0 Å². The Morgan fingerprint density at radius 1 is 1.65 bits per heavy atom. The van der Waals surface area contributed by atoms with Crippen LogP contribution in [0.1, 0.15) is 33.5 Å². The summed E-state index contributed by atoms with van der Waals surface area (Å²) in [6, 6.07) is 1.88. The van der Waals surface area contributed by atoms with E-state index in [2.05, 4.69) is 11.8 Å². The molecule has 2 heterocycles. The zero-order chi connectivity index (χ0) is 14.5. The summed E-state index contributed by atoms with van der Waals surface area (Å²) in [7, 11) is 0. The van der Waals surface area contributed by atoms with Crippen molar-refractivity contribution in [1.82, 2.24) is 4.90 Å². The average Bonchev–Trinajstić information content (AvgIpc) is 2.65. The molecule has 1 unspecified atom stereocenters. The second-order valence-electron chi connectivity index (χ2n) is 4.87. The number of thiophene rings is 1. The molecule has 0 aromatic carbocycles. The molecule has 1 atom stereocenters. The number of amides is 1. The zero-order valence-electron chi connectivity index (χ0n) is 11.8.